The van der Waals surface area contributed by atoms with Gasteiger partial charge in [-0.1, -0.05) is 120 Å². The lowest BCUT2D eigenvalue weighted by Crippen LogP contribution is -2.61. The normalized spacial score (nSPS) is 27.5. The lowest BCUT2D eigenvalue weighted by Gasteiger charge is -2.42. The summed E-state index contributed by atoms with van der Waals surface area (Å²) in [5.41, 5.74) is 0. The van der Waals surface area contributed by atoms with E-state index in [9.17, 15) is 45.3 Å². The van der Waals surface area contributed by atoms with Crippen LogP contribution >= 0.6 is 0 Å². The van der Waals surface area contributed by atoms with Crippen molar-refractivity contribution in [3.8, 4) is 0 Å². The Morgan fingerprint density at radius 3 is 1.65 bits per heavy atom. The van der Waals surface area contributed by atoms with Crippen molar-refractivity contribution in [3.63, 3.8) is 0 Å². The van der Waals surface area contributed by atoms with Crippen LogP contribution in [0.15, 0.2) is 48.6 Å². The van der Waals surface area contributed by atoms with Gasteiger partial charge >= 0.3 is 11.9 Å². The number of esters is 2. The van der Waals surface area contributed by atoms with Crippen molar-refractivity contribution < 1.29 is 73.8 Å². The molecule has 0 saturated carbocycles. The monoisotopic (exact) mass is 885 g/mol. The molecule has 5 unspecified atom stereocenters. The minimum absolute atomic E-state index is 0.138. The summed E-state index contributed by atoms with van der Waals surface area (Å²) in [6.45, 7) is 2.38. The van der Waals surface area contributed by atoms with Crippen molar-refractivity contribution in [2.45, 2.75) is 210 Å². The highest BCUT2D eigenvalue weighted by Crippen LogP contribution is 2.26. The highest BCUT2D eigenvalue weighted by Gasteiger charge is 2.47. The molecule has 2 rings (SSSR count). The summed E-state index contributed by atoms with van der Waals surface area (Å²) >= 11 is 0. The first-order valence-corrected chi connectivity index (χ1v) is 23.3. The zero-order valence-corrected chi connectivity index (χ0v) is 37.3. The third-order valence-electron chi connectivity index (χ3n) is 10.9. The largest absolute Gasteiger partial charge is 0.462 e. The molecule has 62 heavy (non-hydrogen) atoms. The molecule has 11 atom stereocenters. The Hall–Kier alpha value is -2.54. The van der Waals surface area contributed by atoms with Crippen LogP contribution in [0.25, 0.3) is 0 Å². The van der Waals surface area contributed by atoms with Crippen LogP contribution in [0, 0.1) is 0 Å². The number of aliphatic hydroxyl groups is 7. The first kappa shape index (κ1) is 55.6. The summed E-state index contributed by atoms with van der Waals surface area (Å²) in [5.74, 6) is -0.973. The van der Waals surface area contributed by atoms with E-state index >= 15 is 0 Å². The predicted octanol–water partition coefficient (Wildman–Crippen LogP) is 5.15. The Labute approximate surface area is 369 Å². The molecule has 0 aromatic carbocycles. The number of carbonyl (C=O) groups is 2. The number of unbranched alkanes of at least 4 members (excludes halogenated alkanes) is 14. The van der Waals surface area contributed by atoms with Crippen LogP contribution in [-0.2, 0) is 38.0 Å². The topological polar surface area (TPSA) is 231 Å². The maximum Gasteiger partial charge on any atom is 0.306 e. The average molecular weight is 885 g/mol. The Bertz CT molecular complexity index is 1270. The number of ether oxygens (including phenoxy) is 6. The molecule has 0 aromatic rings. The smallest absolute Gasteiger partial charge is 0.306 e. The fourth-order valence-electron chi connectivity index (χ4n) is 6.97. The van der Waals surface area contributed by atoms with Crippen molar-refractivity contribution in [2.24, 2.45) is 0 Å². The third-order valence-corrected chi connectivity index (χ3v) is 10.9. The lowest BCUT2D eigenvalue weighted by atomic mass is 9.98. The van der Waals surface area contributed by atoms with E-state index in [0.717, 1.165) is 64.2 Å². The highest BCUT2D eigenvalue weighted by atomic mass is 16.7. The van der Waals surface area contributed by atoms with Gasteiger partial charge in [0.2, 0.25) is 0 Å². The van der Waals surface area contributed by atoms with Gasteiger partial charge in [-0.05, 0) is 57.8 Å². The van der Waals surface area contributed by atoms with E-state index in [1.165, 1.54) is 38.5 Å². The molecule has 15 heteroatoms. The molecule has 2 fully saturated rings. The van der Waals surface area contributed by atoms with Crippen molar-refractivity contribution in [2.75, 3.05) is 26.4 Å². The minimum Gasteiger partial charge on any atom is -0.462 e. The Kier molecular flexibility index (Phi) is 31.2. The molecule has 0 spiro atoms. The van der Waals surface area contributed by atoms with E-state index in [1.54, 1.807) is 0 Å². The van der Waals surface area contributed by atoms with Crippen molar-refractivity contribution in [1.82, 2.24) is 0 Å². The molecule has 2 aliphatic heterocycles. The first-order valence-electron chi connectivity index (χ1n) is 23.3. The molecule has 2 aliphatic rings. The molecule has 0 radical (unpaired) electrons. The van der Waals surface area contributed by atoms with E-state index < -0.39 is 99.3 Å². The van der Waals surface area contributed by atoms with Crippen LogP contribution in [0.5, 0.6) is 0 Å². The summed E-state index contributed by atoms with van der Waals surface area (Å²) < 4.78 is 33.4. The number of carbonyl (C=O) groups excluding carboxylic acids is 2. The molecule has 0 amide bonds. The summed E-state index contributed by atoms with van der Waals surface area (Å²) in [6.07, 6.45) is 18.7. The van der Waals surface area contributed by atoms with Gasteiger partial charge in [-0.3, -0.25) is 9.59 Å². The van der Waals surface area contributed by atoms with Gasteiger partial charge in [0.15, 0.2) is 18.7 Å². The predicted molar refractivity (Wildman–Crippen MR) is 233 cm³/mol. The standard InChI is InChI=1S/C47H80O15/c1-3-5-7-9-11-13-15-17-19-21-23-25-27-29-38(49)57-32-35(60-39(50)30-28-26-24-22-20-18-16-14-12-10-8-6-4-2)33-58-46-45(56)43(54)41(52)37(62-46)34-59-47-44(55)42(53)40(51)36(31-48)61-47/h6,8,10,12,14,16-17,19,35-37,40-48,51-56H,3-5,7,9,11,13,15,18,20-34H2,1-2H3/b8-6+,12-10+,16-14+,19-17+/t35?,36-,37-,40+,41+,42?,43?,44?,45?,46-,47-/m1/s1. The molecule has 2 heterocycles. The van der Waals surface area contributed by atoms with Gasteiger partial charge in [0.25, 0.3) is 0 Å². The molecule has 15 nitrogen and oxygen atoms in total. The first-order chi connectivity index (χ1) is 30.0. The second-order valence-electron chi connectivity index (χ2n) is 16.3. The van der Waals surface area contributed by atoms with Gasteiger partial charge < -0.3 is 64.2 Å². The molecule has 358 valence electrons. The molecule has 2 saturated heterocycles. The van der Waals surface area contributed by atoms with Crippen LogP contribution < -0.4 is 0 Å². The van der Waals surface area contributed by atoms with E-state index in [1.807, 2.05) is 24.3 Å². The average Bonchev–Trinajstić information content (AvgIpc) is 3.26. The lowest BCUT2D eigenvalue weighted by molar-refractivity contribution is -0.332. The van der Waals surface area contributed by atoms with Gasteiger partial charge in [0, 0.05) is 12.8 Å². The number of aliphatic hydroxyl groups excluding tert-OH is 7. The van der Waals surface area contributed by atoms with Gasteiger partial charge in [0.05, 0.1) is 19.8 Å². The molecule has 0 bridgehead atoms. The van der Waals surface area contributed by atoms with Gasteiger partial charge in [-0.15, -0.1) is 0 Å². The van der Waals surface area contributed by atoms with Crippen molar-refractivity contribution >= 4 is 11.9 Å². The van der Waals surface area contributed by atoms with Crippen LogP contribution in [0.3, 0.4) is 0 Å². The molecular formula is C47H80O15. The number of hydrogen-bond acceptors (Lipinski definition) is 15. The number of allylic oxidation sites excluding steroid dienone is 8. The quantitative estimate of drug-likeness (QED) is 0.0192. The molecule has 7 N–H and O–H groups in total. The summed E-state index contributed by atoms with van der Waals surface area (Å²) in [6, 6.07) is 0. The second-order valence-corrected chi connectivity index (χ2v) is 16.3. The number of hydrogen-bond donors (Lipinski definition) is 7. The second kappa shape index (κ2) is 34.8. The zero-order valence-electron chi connectivity index (χ0n) is 37.3. The van der Waals surface area contributed by atoms with Crippen LogP contribution in [0.4, 0.5) is 0 Å². The van der Waals surface area contributed by atoms with E-state index in [2.05, 4.69) is 38.2 Å². The summed E-state index contributed by atoms with van der Waals surface area (Å²) in [4.78, 5) is 25.6. The fraction of sp³-hybridized carbons (Fsp3) is 0.787. The Morgan fingerprint density at radius 1 is 0.532 bits per heavy atom. The molecule has 0 aromatic heterocycles. The fourth-order valence-corrected chi connectivity index (χ4v) is 6.97. The van der Waals surface area contributed by atoms with Gasteiger partial charge in [-0.2, -0.15) is 0 Å². The maximum atomic E-state index is 12.9. The van der Waals surface area contributed by atoms with Gasteiger partial charge in [0.1, 0.15) is 55.4 Å². The number of rotatable bonds is 34. The van der Waals surface area contributed by atoms with Crippen LogP contribution in [0.1, 0.15) is 142 Å². The highest BCUT2D eigenvalue weighted by molar-refractivity contribution is 5.70. The Morgan fingerprint density at radius 2 is 1.03 bits per heavy atom. The van der Waals surface area contributed by atoms with Crippen molar-refractivity contribution in [3.05, 3.63) is 48.6 Å². The van der Waals surface area contributed by atoms with Gasteiger partial charge in [-0.25, -0.2) is 0 Å². The van der Waals surface area contributed by atoms with E-state index in [4.69, 9.17) is 28.4 Å². The maximum absolute atomic E-state index is 12.9. The summed E-state index contributed by atoms with van der Waals surface area (Å²) in [5, 5.41) is 71.9. The Balaban J connectivity index is 1.87. The molecule has 0 aliphatic carbocycles. The van der Waals surface area contributed by atoms with Crippen molar-refractivity contribution in [1.29, 1.82) is 0 Å². The zero-order chi connectivity index (χ0) is 45.4. The van der Waals surface area contributed by atoms with Crippen LogP contribution in [-0.4, -0.2) is 142 Å². The van der Waals surface area contributed by atoms with Crippen LogP contribution in [0.2, 0.25) is 0 Å². The van der Waals surface area contributed by atoms with E-state index in [-0.39, 0.29) is 19.4 Å². The van der Waals surface area contributed by atoms with E-state index in [0.29, 0.717) is 12.8 Å². The minimum atomic E-state index is -1.77. The molecular weight excluding hydrogens is 805 g/mol. The summed E-state index contributed by atoms with van der Waals surface area (Å²) in [7, 11) is 0. The third kappa shape index (κ3) is 23.4. The SMILES string of the molecule is CC/C=C/C=C/C=C/CCCCCCCC(=O)OC(COC(=O)CCCCC/C=C/CCCCCCCC)CO[C@@H]1O[C@H](CO[C@@H]2O[C@H](CO)[C@H](O)C(O)C2O)[C@H](O)C(O)C1O.